The molecule has 120 valence electrons. The van der Waals surface area contributed by atoms with Gasteiger partial charge < -0.3 is 15.0 Å². The third-order valence-electron chi connectivity index (χ3n) is 3.50. The second-order valence-corrected chi connectivity index (χ2v) is 6.17. The Hall–Kier alpha value is -2.41. The summed E-state index contributed by atoms with van der Waals surface area (Å²) in [6.45, 7) is 3.89. The number of anilines is 2. The van der Waals surface area contributed by atoms with Crippen LogP contribution in [0.1, 0.15) is 19.0 Å². The van der Waals surface area contributed by atoms with Gasteiger partial charge in [-0.25, -0.2) is 4.98 Å². The predicted octanol–water partition coefficient (Wildman–Crippen LogP) is 2.59. The Balaban J connectivity index is 1.67. The van der Waals surface area contributed by atoms with Crippen LogP contribution in [0.2, 0.25) is 0 Å². The summed E-state index contributed by atoms with van der Waals surface area (Å²) in [5.74, 6) is 0.362. The first-order valence-electron chi connectivity index (χ1n) is 7.33. The Labute approximate surface area is 138 Å². The van der Waals surface area contributed by atoms with Gasteiger partial charge in [0.05, 0.1) is 11.4 Å². The average Bonchev–Trinajstić information content (AvgIpc) is 2.93. The summed E-state index contributed by atoms with van der Waals surface area (Å²) >= 11 is 1.39. The van der Waals surface area contributed by atoms with Gasteiger partial charge in [-0.2, -0.15) is 0 Å². The zero-order chi connectivity index (χ0) is 16.4. The summed E-state index contributed by atoms with van der Waals surface area (Å²) in [4.78, 5) is 30.2. The number of para-hydroxylation sites is 2. The number of ether oxygens (including phenoxy) is 1. The highest BCUT2D eigenvalue weighted by Crippen LogP contribution is 2.33. The van der Waals surface area contributed by atoms with E-state index in [0.717, 1.165) is 5.69 Å². The van der Waals surface area contributed by atoms with Crippen molar-refractivity contribution in [2.75, 3.05) is 16.8 Å². The zero-order valence-corrected chi connectivity index (χ0v) is 13.7. The summed E-state index contributed by atoms with van der Waals surface area (Å²) in [5, 5.41) is 5.20. The summed E-state index contributed by atoms with van der Waals surface area (Å²) in [5.41, 5.74) is 1.57. The monoisotopic (exact) mass is 331 g/mol. The van der Waals surface area contributed by atoms with Crippen molar-refractivity contribution in [3.05, 3.63) is 35.3 Å². The van der Waals surface area contributed by atoms with E-state index in [1.807, 2.05) is 36.6 Å². The molecule has 1 aromatic carbocycles. The number of benzene rings is 1. The Morgan fingerprint density at radius 3 is 2.96 bits per heavy atom. The molecule has 1 atom stereocenters. The van der Waals surface area contributed by atoms with E-state index in [0.29, 0.717) is 23.1 Å². The van der Waals surface area contributed by atoms with E-state index in [9.17, 15) is 9.59 Å². The maximum atomic E-state index is 12.3. The number of nitrogens with zero attached hydrogens (tertiary/aromatic N) is 2. The van der Waals surface area contributed by atoms with Gasteiger partial charge in [-0.05, 0) is 26.0 Å². The number of nitrogens with one attached hydrogen (secondary N) is 1. The largest absolute Gasteiger partial charge is 0.479 e. The molecule has 1 aliphatic heterocycles. The molecule has 23 heavy (non-hydrogen) atoms. The van der Waals surface area contributed by atoms with Crippen molar-refractivity contribution >= 4 is 34.0 Å². The number of carbonyl (C=O) groups is 2. The van der Waals surface area contributed by atoms with Crippen molar-refractivity contribution in [3.63, 3.8) is 0 Å². The Morgan fingerprint density at radius 2 is 2.22 bits per heavy atom. The SMILES string of the molecule is Cc1csc(NC(=O)CCN2C(=O)[C@H](C)Oc3ccccc32)n1. The molecule has 1 aliphatic rings. The Kier molecular flexibility index (Phi) is 4.29. The fraction of sp³-hybridized carbons (Fsp3) is 0.312. The van der Waals surface area contributed by atoms with E-state index in [-0.39, 0.29) is 18.2 Å². The number of thiazole rings is 1. The highest BCUT2D eigenvalue weighted by molar-refractivity contribution is 7.13. The van der Waals surface area contributed by atoms with Gasteiger partial charge in [0, 0.05) is 18.3 Å². The van der Waals surface area contributed by atoms with Crippen molar-refractivity contribution in [1.82, 2.24) is 4.98 Å². The van der Waals surface area contributed by atoms with Crippen molar-refractivity contribution in [2.45, 2.75) is 26.4 Å². The molecule has 0 radical (unpaired) electrons. The molecule has 2 heterocycles. The summed E-state index contributed by atoms with van der Waals surface area (Å²) < 4.78 is 5.58. The topological polar surface area (TPSA) is 71.5 Å². The first kappa shape index (κ1) is 15.5. The molecule has 2 aromatic rings. The average molecular weight is 331 g/mol. The van der Waals surface area contributed by atoms with Crippen molar-refractivity contribution in [2.24, 2.45) is 0 Å². The molecular formula is C16H17N3O3S. The summed E-state index contributed by atoms with van der Waals surface area (Å²) in [6.07, 6.45) is -0.347. The number of carbonyl (C=O) groups excluding carboxylic acids is 2. The molecule has 2 amide bonds. The Bertz CT molecular complexity index is 744. The fourth-order valence-electron chi connectivity index (χ4n) is 2.40. The van der Waals surface area contributed by atoms with Crippen LogP contribution in [-0.4, -0.2) is 29.4 Å². The van der Waals surface area contributed by atoms with Crippen molar-refractivity contribution < 1.29 is 14.3 Å². The molecule has 0 fully saturated rings. The number of hydrogen-bond acceptors (Lipinski definition) is 5. The molecule has 0 saturated heterocycles. The molecule has 1 aromatic heterocycles. The van der Waals surface area contributed by atoms with Crippen LogP contribution < -0.4 is 15.0 Å². The predicted molar refractivity (Wildman–Crippen MR) is 89.0 cm³/mol. The van der Waals surface area contributed by atoms with Crippen LogP contribution in [-0.2, 0) is 9.59 Å². The molecule has 0 spiro atoms. The lowest BCUT2D eigenvalue weighted by Crippen LogP contribution is -2.45. The lowest BCUT2D eigenvalue weighted by Gasteiger charge is -2.32. The lowest BCUT2D eigenvalue weighted by atomic mass is 10.1. The van der Waals surface area contributed by atoms with E-state index >= 15 is 0 Å². The van der Waals surface area contributed by atoms with Gasteiger partial charge in [0.15, 0.2) is 11.2 Å². The van der Waals surface area contributed by atoms with Crippen LogP contribution in [0.5, 0.6) is 5.75 Å². The molecule has 6 nitrogen and oxygen atoms in total. The molecule has 1 N–H and O–H groups in total. The van der Waals surface area contributed by atoms with Gasteiger partial charge in [0.2, 0.25) is 5.91 Å². The number of rotatable bonds is 4. The second kappa shape index (κ2) is 6.37. The highest BCUT2D eigenvalue weighted by Gasteiger charge is 2.31. The Morgan fingerprint density at radius 1 is 1.43 bits per heavy atom. The quantitative estimate of drug-likeness (QED) is 0.935. The van der Waals surface area contributed by atoms with Crippen LogP contribution in [0.15, 0.2) is 29.6 Å². The third-order valence-corrected chi connectivity index (χ3v) is 4.38. The van der Waals surface area contributed by atoms with Crippen LogP contribution in [0, 0.1) is 6.92 Å². The van der Waals surface area contributed by atoms with E-state index in [1.165, 1.54) is 11.3 Å². The first-order chi connectivity index (χ1) is 11.0. The maximum absolute atomic E-state index is 12.3. The number of aryl methyl sites for hydroxylation is 1. The van der Waals surface area contributed by atoms with Crippen LogP contribution >= 0.6 is 11.3 Å². The van der Waals surface area contributed by atoms with E-state index in [2.05, 4.69) is 10.3 Å². The molecule has 0 bridgehead atoms. The zero-order valence-electron chi connectivity index (χ0n) is 12.9. The molecule has 0 aliphatic carbocycles. The van der Waals surface area contributed by atoms with Crippen LogP contribution in [0.3, 0.4) is 0 Å². The van der Waals surface area contributed by atoms with Gasteiger partial charge in [-0.3, -0.25) is 9.59 Å². The highest BCUT2D eigenvalue weighted by atomic mass is 32.1. The number of amides is 2. The van der Waals surface area contributed by atoms with E-state index < -0.39 is 6.10 Å². The molecule has 0 unspecified atom stereocenters. The smallest absolute Gasteiger partial charge is 0.267 e. The normalized spacial score (nSPS) is 16.7. The first-order valence-corrected chi connectivity index (χ1v) is 8.21. The molecule has 3 rings (SSSR count). The van der Waals surface area contributed by atoms with Crippen LogP contribution in [0.25, 0.3) is 0 Å². The van der Waals surface area contributed by atoms with Crippen molar-refractivity contribution in [1.29, 1.82) is 0 Å². The minimum Gasteiger partial charge on any atom is -0.479 e. The maximum Gasteiger partial charge on any atom is 0.267 e. The fourth-order valence-corrected chi connectivity index (χ4v) is 3.10. The number of aromatic nitrogens is 1. The molecule has 7 heteroatoms. The minimum absolute atomic E-state index is 0.137. The third kappa shape index (κ3) is 3.34. The van der Waals surface area contributed by atoms with Gasteiger partial charge in [0.1, 0.15) is 5.75 Å². The standard InChI is InChI=1S/C16H17N3O3S/c1-10-9-23-16(17-10)18-14(20)7-8-19-12-5-3-4-6-13(12)22-11(2)15(19)21/h3-6,9,11H,7-8H2,1-2H3,(H,17,18,20)/t11-/m0/s1. The van der Waals surface area contributed by atoms with Gasteiger partial charge in [-0.15, -0.1) is 11.3 Å². The van der Waals surface area contributed by atoms with Gasteiger partial charge in [-0.1, -0.05) is 12.1 Å². The van der Waals surface area contributed by atoms with Crippen molar-refractivity contribution in [3.8, 4) is 5.75 Å². The molecule has 0 saturated carbocycles. The van der Waals surface area contributed by atoms with E-state index in [4.69, 9.17) is 4.74 Å². The second-order valence-electron chi connectivity index (χ2n) is 5.31. The number of hydrogen-bond donors (Lipinski definition) is 1. The summed E-state index contributed by atoms with van der Waals surface area (Å²) in [7, 11) is 0. The summed E-state index contributed by atoms with van der Waals surface area (Å²) in [6, 6.07) is 7.35. The van der Waals surface area contributed by atoms with E-state index in [1.54, 1.807) is 11.8 Å². The van der Waals surface area contributed by atoms with Crippen LogP contribution in [0.4, 0.5) is 10.8 Å². The minimum atomic E-state index is -0.547. The van der Waals surface area contributed by atoms with Gasteiger partial charge >= 0.3 is 0 Å². The lowest BCUT2D eigenvalue weighted by molar-refractivity contribution is -0.125. The molecular weight excluding hydrogens is 314 g/mol. The number of fused-ring (bicyclic) bond motifs is 1. The van der Waals surface area contributed by atoms with Gasteiger partial charge in [0.25, 0.3) is 5.91 Å².